The number of allylic oxidation sites excluding steroid dienone is 1. The SMILES string of the molecule is CC[C@@H](Nc1nc(NCc2ccccn2)nc(C2=C(F)C(O)C(F)(F)CC2)n1)C(F)(F)F. The van der Waals surface area contributed by atoms with Gasteiger partial charge < -0.3 is 15.7 Å². The van der Waals surface area contributed by atoms with E-state index in [1.165, 1.54) is 13.1 Å². The third-order valence-corrected chi connectivity index (χ3v) is 4.80. The highest BCUT2D eigenvalue weighted by molar-refractivity contribution is 5.66. The molecule has 0 fully saturated rings. The zero-order valence-corrected chi connectivity index (χ0v) is 16.8. The van der Waals surface area contributed by atoms with Gasteiger partial charge in [0.1, 0.15) is 11.9 Å². The van der Waals surface area contributed by atoms with Crippen molar-refractivity contribution in [1.82, 2.24) is 19.9 Å². The molecule has 3 N–H and O–H groups in total. The number of rotatable bonds is 7. The maximum absolute atomic E-state index is 14.5. The Balaban J connectivity index is 1.97. The Labute approximate surface area is 179 Å². The van der Waals surface area contributed by atoms with Gasteiger partial charge >= 0.3 is 6.18 Å². The second kappa shape index (κ2) is 9.27. The van der Waals surface area contributed by atoms with Gasteiger partial charge in [-0.2, -0.15) is 28.1 Å². The maximum atomic E-state index is 14.5. The number of nitrogens with zero attached hydrogens (tertiary/aromatic N) is 4. The summed E-state index contributed by atoms with van der Waals surface area (Å²) in [5, 5.41) is 14.5. The van der Waals surface area contributed by atoms with E-state index in [2.05, 4.69) is 30.6 Å². The first kappa shape index (κ1) is 23.7. The highest BCUT2D eigenvalue weighted by atomic mass is 19.4. The summed E-state index contributed by atoms with van der Waals surface area (Å²) >= 11 is 0. The molecule has 174 valence electrons. The molecule has 1 aliphatic carbocycles. The summed E-state index contributed by atoms with van der Waals surface area (Å²) in [5.41, 5.74) is 0.138. The summed E-state index contributed by atoms with van der Waals surface area (Å²) in [6.45, 7) is 1.39. The average molecular weight is 462 g/mol. The average Bonchev–Trinajstić information content (AvgIpc) is 2.74. The summed E-state index contributed by atoms with van der Waals surface area (Å²) in [5.74, 6) is -6.39. The van der Waals surface area contributed by atoms with Crippen molar-refractivity contribution in [3.8, 4) is 0 Å². The lowest BCUT2D eigenvalue weighted by molar-refractivity contribution is -0.143. The quantitative estimate of drug-likeness (QED) is 0.533. The molecule has 0 bridgehead atoms. The van der Waals surface area contributed by atoms with E-state index in [0.29, 0.717) is 5.69 Å². The summed E-state index contributed by atoms with van der Waals surface area (Å²) in [4.78, 5) is 15.7. The number of aliphatic hydroxyl groups is 1. The summed E-state index contributed by atoms with van der Waals surface area (Å²) in [6, 6.07) is 3.08. The topological polar surface area (TPSA) is 95.9 Å². The minimum atomic E-state index is -4.61. The van der Waals surface area contributed by atoms with Crippen LogP contribution in [0.2, 0.25) is 0 Å². The van der Waals surface area contributed by atoms with Crippen LogP contribution in [0.1, 0.15) is 37.7 Å². The van der Waals surface area contributed by atoms with Crippen LogP contribution in [0.4, 0.5) is 38.2 Å². The molecule has 0 saturated heterocycles. The standard InChI is InChI=1S/C19H20F6N6O/c1-2-12(19(23,24)25)28-17-30-15(11-6-7-18(21,22)14(32)13(11)20)29-16(31-17)27-9-10-5-3-4-8-26-10/h3-5,8,12,14,32H,2,6-7,9H2,1H3,(H2,27,28,29,30,31)/t12-,14?/m1/s1. The first-order chi connectivity index (χ1) is 15.0. The minimum Gasteiger partial charge on any atom is -0.380 e. The van der Waals surface area contributed by atoms with Crippen LogP contribution in [0.15, 0.2) is 30.2 Å². The first-order valence-electron chi connectivity index (χ1n) is 9.69. The zero-order chi connectivity index (χ0) is 23.5. The number of pyridine rings is 1. The van der Waals surface area contributed by atoms with Crippen LogP contribution in [0.3, 0.4) is 0 Å². The lowest BCUT2D eigenvalue weighted by Gasteiger charge is -2.28. The molecule has 2 heterocycles. The van der Waals surface area contributed by atoms with Gasteiger partial charge in [-0.3, -0.25) is 4.98 Å². The van der Waals surface area contributed by atoms with Crippen molar-refractivity contribution >= 4 is 17.5 Å². The van der Waals surface area contributed by atoms with Crippen LogP contribution >= 0.6 is 0 Å². The molecule has 13 heteroatoms. The molecule has 0 aromatic carbocycles. The molecule has 7 nitrogen and oxygen atoms in total. The predicted molar refractivity (Wildman–Crippen MR) is 103 cm³/mol. The Morgan fingerprint density at radius 1 is 1.19 bits per heavy atom. The van der Waals surface area contributed by atoms with Crippen LogP contribution in [0.5, 0.6) is 0 Å². The number of aliphatic hydroxyl groups excluding tert-OH is 1. The number of hydrogen-bond donors (Lipinski definition) is 3. The van der Waals surface area contributed by atoms with Gasteiger partial charge in [0.05, 0.1) is 12.2 Å². The molecule has 0 radical (unpaired) electrons. The van der Waals surface area contributed by atoms with Crippen LogP contribution in [-0.4, -0.2) is 49.3 Å². The molecular formula is C19H20F6N6O. The normalized spacial score (nSPS) is 19.6. The van der Waals surface area contributed by atoms with E-state index in [4.69, 9.17) is 0 Å². The Hall–Kier alpha value is -2.96. The minimum absolute atomic E-state index is 0.0858. The largest absolute Gasteiger partial charge is 0.408 e. The molecule has 0 amide bonds. The second-order valence-electron chi connectivity index (χ2n) is 7.12. The number of aromatic nitrogens is 4. The highest BCUT2D eigenvalue weighted by Gasteiger charge is 2.46. The molecule has 32 heavy (non-hydrogen) atoms. The van der Waals surface area contributed by atoms with E-state index in [9.17, 15) is 31.4 Å². The number of anilines is 2. The van der Waals surface area contributed by atoms with Gasteiger partial charge in [0.25, 0.3) is 5.92 Å². The molecule has 3 rings (SSSR count). The van der Waals surface area contributed by atoms with E-state index in [0.717, 1.165) is 0 Å². The van der Waals surface area contributed by atoms with Crippen LogP contribution < -0.4 is 10.6 Å². The van der Waals surface area contributed by atoms with E-state index in [-0.39, 0.29) is 18.9 Å². The van der Waals surface area contributed by atoms with Crippen molar-refractivity contribution in [2.45, 2.75) is 57.0 Å². The van der Waals surface area contributed by atoms with Crippen molar-refractivity contribution in [1.29, 1.82) is 0 Å². The fourth-order valence-electron chi connectivity index (χ4n) is 3.01. The number of halogens is 6. The Morgan fingerprint density at radius 3 is 2.53 bits per heavy atom. The van der Waals surface area contributed by atoms with Crippen molar-refractivity contribution in [3.63, 3.8) is 0 Å². The van der Waals surface area contributed by atoms with E-state index >= 15 is 0 Å². The first-order valence-corrected chi connectivity index (χ1v) is 9.69. The van der Waals surface area contributed by atoms with Crippen molar-refractivity contribution < 1.29 is 31.4 Å². The molecule has 0 spiro atoms. The molecule has 0 aliphatic heterocycles. The zero-order valence-electron chi connectivity index (χ0n) is 16.8. The molecule has 1 unspecified atom stereocenters. The van der Waals surface area contributed by atoms with Gasteiger partial charge in [-0.1, -0.05) is 13.0 Å². The molecule has 0 saturated carbocycles. The molecule has 2 atom stereocenters. The van der Waals surface area contributed by atoms with E-state index in [1.807, 2.05) is 0 Å². The number of nitrogens with one attached hydrogen (secondary N) is 2. The van der Waals surface area contributed by atoms with Crippen LogP contribution in [0, 0.1) is 0 Å². The third kappa shape index (κ3) is 5.44. The number of hydrogen-bond acceptors (Lipinski definition) is 7. The summed E-state index contributed by atoms with van der Waals surface area (Å²) < 4.78 is 81.3. The summed E-state index contributed by atoms with van der Waals surface area (Å²) in [7, 11) is 0. The summed E-state index contributed by atoms with van der Waals surface area (Å²) in [6.07, 6.45) is -7.51. The van der Waals surface area contributed by atoms with Gasteiger partial charge in [0.15, 0.2) is 11.9 Å². The number of alkyl halides is 5. The Morgan fingerprint density at radius 2 is 1.91 bits per heavy atom. The van der Waals surface area contributed by atoms with Crippen LogP contribution in [-0.2, 0) is 6.54 Å². The van der Waals surface area contributed by atoms with Gasteiger partial charge in [0, 0.05) is 18.2 Å². The second-order valence-corrected chi connectivity index (χ2v) is 7.12. The van der Waals surface area contributed by atoms with E-state index < -0.39 is 60.3 Å². The van der Waals surface area contributed by atoms with Crippen molar-refractivity contribution in [2.24, 2.45) is 0 Å². The third-order valence-electron chi connectivity index (χ3n) is 4.80. The Kier molecular flexibility index (Phi) is 6.86. The molecular weight excluding hydrogens is 442 g/mol. The monoisotopic (exact) mass is 462 g/mol. The van der Waals surface area contributed by atoms with Crippen molar-refractivity contribution in [3.05, 3.63) is 41.7 Å². The maximum Gasteiger partial charge on any atom is 0.408 e. The molecule has 2 aromatic rings. The van der Waals surface area contributed by atoms with Gasteiger partial charge in [-0.15, -0.1) is 0 Å². The van der Waals surface area contributed by atoms with Gasteiger partial charge in [-0.05, 0) is 25.0 Å². The predicted octanol–water partition coefficient (Wildman–Crippen LogP) is 4.10. The Bertz CT molecular complexity index is 969. The molecule has 1 aliphatic rings. The lowest BCUT2D eigenvalue weighted by Crippen LogP contribution is -2.38. The van der Waals surface area contributed by atoms with Crippen LogP contribution in [0.25, 0.3) is 5.57 Å². The van der Waals surface area contributed by atoms with E-state index in [1.54, 1.807) is 18.2 Å². The van der Waals surface area contributed by atoms with Gasteiger partial charge in [-0.25, -0.2) is 13.2 Å². The van der Waals surface area contributed by atoms with Gasteiger partial charge in [0.2, 0.25) is 11.9 Å². The fourth-order valence-corrected chi connectivity index (χ4v) is 3.01. The smallest absolute Gasteiger partial charge is 0.380 e. The fraction of sp³-hybridized carbons (Fsp3) is 0.474. The molecule has 2 aromatic heterocycles. The lowest BCUT2D eigenvalue weighted by atomic mass is 9.92. The highest BCUT2D eigenvalue weighted by Crippen LogP contribution is 2.41. The van der Waals surface area contributed by atoms with Crippen molar-refractivity contribution in [2.75, 3.05) is 10.6 Å².